The number of likely N-dealkylation sites (N-methyl/N-ethyl adjacent to an activating group) is 1. The Kier molecular flexibility index (Phi) is 13.8. The normalized spacial score (nSPS) is 20.8. The molecule has 3 rings (SSSR count). The minimum atomic E-state index is 0. The average Bonchev–Trinajstić information content (AvgIpc) is 3.06. The van der Waals surface area contributed by atoms with Gasteiger partial charge in [0.15, 0.2) is 0 Å². The van der Waals surface area contributed by atoms with Crippen molar-refractivity contribution in [1.29, 1.82) is 0 Å². The molecule has 1 saturated carbocycles. The highest BCUT2D eigenvalue weighted by Gasteiger charge is 2.29. The third-order valence-corrected chi connectivity index (χ3v) is 5.79. The van der Waals surface area contributed by atoms with Crippen LogP contribution in [0, 0.1) is 5.92 Å². The van der Waals surface area contributed by atoms with Gasteiger partial charge in [-0.2, -0.15) is 0 Å². The molecule has 1 amide bonds. The molecule has 9 heteroatoms. The van der Waals surface area contributed by atoms with E-state index >= 15 is 0 Å². The summed E-state index contributed by atoms with van der Waals surface area (Å²) in [6.45, 7) is 4.79. The molecule has 1 heterocycles. The fraction of sp³-hybridized carbons (Fsp3) is 0.667. The van der Waals surface area contributed by atoms with Gasteiger partial charge in [0, 0.05) is 45.2 Å². The SMILES string of the molecule is CN(C)CCOc1ccccc1N1CCN(C(=O)C[C@@H]2CCC[C@H]2N)CC1.Cl.Cl.Cl. The lowest BCUT2D eigenvalue weighted by atomic mass is 9.99. The number of ether oxygens (including phenoxy) is 1. The predicted octanol–water partition coefficient (Wildman–Crippen LogP) is 3.06. The Balaban J connectivity index is 0.00000280. The topological polar surface area (TPSA) is 62.0 Å². The van der Waals surface area contributed by atoms with Crippen molar-refractivity contribution in [2.45, 2.75) is 31.7 Å². The third-order valence-electron chi connectivity index (χ3n) is 5.79. The van der Waals surface area contributed by atoms with Crippen molar-refractivity contribution in [1.82, 2.24) is 9.80 Å². The summed E-state index contributed by atoms with van der Waals surface area (Å²) in [5.41, 5.74) is 7.26. The van der Waals surface area contributed by atoms with Gasteiger partial charge in [-0.3, -0.25) is 4.79 Å². The molecule has 0 unspecified atom stereocenters. The van der Waals surface area contributed by atoms with E-state index < -0.39 is 0 Å². The van der Waals surface area contributed by atoms with Crippen molar-refractivity contribution in [2.24, 2.45) is 11.7 Å². The molecule has 1 aromatic rings. The molecule has 1 aliphatic carbocycles. The zero-order valence-electron chi connectivity index (χ0n) is 18.0. The van der Waals surface area contributed by atoms with Crippen molar-refractivity contribution in [2.75, 3.05) is 58.3 Å². The maximum absolute atomic E-state index is 12.6. The quantitative estimate of drug-likeness (QED) is 0.646. The number of halogens is 3. The molecule has 2 aliphatic rings. The number of nitrogens with two attached hydrogens (primary N) is 1. The fourth-order valence-corrected chi connectivity index (χ4v) is 4.05. The first kappa shape index (κ1) is 29.1. The van der Waals surface area contributed by atoms with Crippen LogP contribution in [0.1, 0.15) is 25.7 Å². The molecule has 174 valence electrons. The summed E-state index contributed by atoms with van der Waals surface area (Å²) in [4.78, 5) is 19.1. The highest BCUT2D eigenvalue weighted by molar-refractivity contribution is 5.86. The Bertz CT molecular complexity index is 628. The smallest absolute Gasteiger partial charge is 0.223 e. The third kappa shape index (κ3) is 7.97. The lowest BCUT2D eigenvalue weighted by Crippen LogP contribution is -2.49. The number of carbonyl (C=O) groups excluding carboxylic acids is 1. The summed E-state index contributed by atoms with van der Waals surface area (Å²) < 4.78 is 6.00. The maximum Gasteiger partial charge on any atom is 0.223 e. The second kappa shape index (κ2) is 14.2. The summed E-state index contributed by atoms with van der Waals surface area (Å²) in [6.07, 6.45) is 3.95. The maximum atomic E-state index is 12.6. The van der Waals surface area contributed by atoms with Crippen LogP contribution < -0.4 is 15.4 Å². The first-order valence-electron chi connectivity index (χ1n) is 10.2. The Morgan fingerprint density at radius 2 is 1.77 bits per heavy atom. The highest BCUT2D eigenvalue weighted by atomic mass is 35.5. The molecule has 0 bridgehead atoms. The number of piperazine rings is 1. The number of rotatable bonds is 7. The van der Waals surface area contributed by atoms with Gasteiger partial charge in [0.2, 0.25) is 5.91 Å². The van der Waals surface area contributed by atoms with Crippen molar-refractivity contribution >= 4 is 48.8 Å². The Labute approximate surface area is 199 Å². The number of anilines is 1. The van der Waals surface area contributed by atoms with Gasteiger partial charge in [0.25, 0.3) is 0 Å². The minimum absolute atomic E-state index is 0. The zero-order valence-corrected chi connectivity index (χ0v) is 20.4. The van der Waals surface area contributed by atoms with Gasteiger partial charge >= 0.3 is 0 Å². The van der Waals surface area contributed by atoms with E-state index in [9.17, 15) is 4.79 Å². The summed E-state index contributed by atoms with van der Waals surface area (Å²) in [6, 6.07) is 8.41. The Morgan fingerprint density at radius 1 is 1.10 bits per heavy atom. The summed E-state index contributed by atoms with van der Waals surface area (Å²) >= 11 is 0. The number of benzene rings is 1. The molecule has 0 radical (unpaired) electrons. The highest BCUT2D eigenvalue weighted by Crippen LogP contribution is 2.30. The first-order valence-corrected chi connectivity index (χ1v) is 10.2. The minimum Gasteiger partial charge on any atom is -0.490 e. The van der Waals surface area contributed by atoms with Crippen LogP contribution in [-0.2, 0) is 4.79 Å². The summed E-state index contributed by atoms with van der Waals surface area (Å²) in [5.74, 6) is 1.57. The van der Waals surface area contributed by atoms with Crippen LogP contribution in [0.4, 0.5) is 5.69 Å². The lowest BCUT2D eigenvalue weighted by molar-refractivity contribution is -0.132. The second-order valence-corrected chi connectivity index (χ2v) is 8.05. The summed E-state index contributed by atoms with van der Waals surface area (Å²) in [7, 11) is 4.09. The van der Waals surface area contributed by atoms with Crippen molar-refractivity contribution in [3.05, 3.63) is 24.3 Å². The van der Waals surface area contributed by atoms with E-state index in [4.69, 9.17) is 10.5 Å². The van der Waals surface area contributed by atoms with Crippen LogP contribution in [0.25, 0.3) is 0 Å². The summed E-state index contributed by atoms with van der Waals surface area (Å²) in [5, 5.41) is 0. The van der Waals surface area contributed by atoms with E-state index in [1.165, 1.54) is 0 Å². The molecule has 2 fully saturated rings. The van der Waals surface area contributed by atoms with E-state index in [0.717, 1.165) is 63.4 Å². The van der Waals surface area contributed by atoms with Crippen LogP contribution in [-0.4, -0.2) is 75.2 Å². The largest absolute Gasteiger partial charge is 0.490 e. The van der Waals surface area contributed by atoms with Gasteiger partial charge in [-0.1, -0.05) is 18.6 Å². The lowest BCUT2D eigenvalue weighted by Gasteiger charge is -2.37. The van der Waals surface area contributed by atoms with Gasteiger partial charge in [0.05, 0.1) is 5.69 Å². The number of nitrogens with zero attached hydrogens (tertiary/aromatic N) is 3. The molecule has 1 saturated heterocycles. The van der Waals surface area contributed by atoms with E-state index in [2.05, 4.69) is 15.9 Å². The molecule has 0 spiro atoms. The van der Waals surface area contributed by atoms with Gasteiger partial charge in [-0.05, 0) is 45.0 Å². The average molecular weight is 484 g/mol. The molecule has 6 nitrogen and oxygen atoms in total. The van der Waals surface area contributed by atoms with E-state index in [-0.39, 0.29) is 49.2 Å². The number of hydrogen-bond donors (Lipinski definition) is 1. The molecule has 2 N–H and O–H groups in total. The predicted molar refractivity (Wildman–Crippen MR) is 131 cm³/mol. The Hall–Kier alpha value is -0.920. The molecule has 1 aliphatic heterocycles. The zero-order chi connectivity index (χ0) is 19.2. The Morgan fingerprint density at radius 3 is 2.37 bits per heavy atom. The molecule has 2 atom stereocenters. The van der Waals surface area contributed by atoms with Crippen molar-refractivity contribution < 1.29 is 9.53 Å². The monoisotopic (exact) mass is 482 g/mol. The van der Waals surface area contributed by atoms with Crippen molar-refractivity contribution in [3.8, 4) is 5.75 Å². The van der Waals surface area contributed by atoms with Crippen LogP contribution in [0.5, 0.6) is 5.75 Å². The number of carbonyl (C=O) groups is 1. The number of amides is 1. The molecular formula is C21H37Cl3N4O2. The second-order valence-electron chi connectivity index (χ2n) is 8.05. The molecule has 1 aromatic carbocycles. The van der Waals surface area contributed by atoms with Gasteiger partial charge in [0.1, 0.15) is 12.4 Å². The molecular weight excluding hydrogens is 447 g/mol. The van der Waals surface area contributed by atoms with E-state index in [1.54, 1.807) is 0 Å². The van der Waals surface area contributed by atoms with Crippen LogP contribution in [0.15, 0.2) is 24.3 Å². The number of hydrogen-bond acceptors (Lipinski definition) is 5. The molecule has 30 heavy (non-hydrogen) atoms. The molecule has 0 aromatic heterocycles. The van der Waals surface area contributed by atoms with Gasteiger partial charge in [-0.15, -0.1) is 37.2 Å². The van der Waals surface area contributed by atoms with Gasteiger partial charge in [-0.25, -0.2) is 0 Å². The van der Waals surface area contributed by atoms with E-state index in [0.29, 0.717) is 18.9 Å². The van der Waals surface area contributed by atoms with E-state index in [1.807, 2.05) is 37.2 Å². The standard InChI is InChI=1S/C21H34N4O2.3ClH/c1-23(2)14-15-27-20-9-4-3-8-19(20)24-10-12-25(13-11-24)21(26)16-17-6-5-7-18(17)22;;;/h3-4,8-9,17-18H,5-7,10-16,22H2,1-2H3;3*1H/t17-,18+;;;/m0.../s1. The van der Waals surface area contributed by atoms with Crippen LogP contribution in [0.3, 0.4) is 0 Å². The van der Waals surface area contributed by atoms with Crippen LogP contribution >= 0.6 is 37.2 Å². The van der Waals surface area contributed by atoms with Crippen LogP contribution in [0.2, 0.25) is 0 Å². The van der Waals surface area contributed by atoms with Crippen molar-refractivity contribution in [3.63, 3.8) is 0 Å². The fourth-order valence-electron chi connectivity index (χ4n) is 4.05. The number of para-hydroxylation sites is 2. The van der Waals surface area contributed by atoms with Gasteiger partial charge < -0.3 is 25.2 Å². The first-order chi connectivity index (χ1) is 13.0.